The summed E-state index contributed by atoms with van der Waals surface area (Å²) in [6.07, 6.45) is 1.53. The van der Waals surface area contributed by atoms with Crippen LogP contribution in [-0.4, -0.2) is 10.1 Å². The molecule has 0 spiro atoms. The number of rotatable bonds is 1. The van der Waals surface area contributed by atoms with Crippen LogP contribution in [0, 0.1) is 6.92 Å². The van der Waals surface area contributed by atoms with E-state index in [2.05, 4.69) is 11.6 Å². The van der Waals surface area contributed by atoms with Crippen molar-refractivity contribution in [1.82, 2.24) is 4.98 Å². The van der Waals surface area contributed by atoms with Crippen LogP contribution in [0.4, 0.5) is 0 Å². The van der Waals surface area contributed by atoms with Gasteiger partial charge in [-0.25, -0.2) is 4.98 Å². The molecule has 0 aliphatic heterocycles. The molecule has 0 radical (unpaired) electrons. The van der Waals surface area contributed by atoms with Gasteiger partial charge < -0.3 is 5.11 Å². The van der Waals surface area contributed by atoms with Gasteiger partial charge in [-0.3, -0.25) is 0 Å². The minimum atomic E-state index is 0.181. The Kier molecular flexibility index (Phi) is 1.71. The zero-order valence-corrected chi connectivity index (χ0v) is 5.83. The molecule has 0 aliphatic rings. The maximum absolute atomic E-state index is 9.10. The molecule has 1 rings (SSSR count). The number of aromatic nitrogens is 1. The van der Waals surface area contributed by atoms with E-state index < -0.39 is 0 Å². The summed E-state index contributed by atoms with van der Waals surface area (Å²) >= 11 is 0. The summed E-state index contributed by atoms with van der Waals surface area (Å²) in [5.74, 6) is 0.181. The quantitative estimate of drug-likeness (QED) is 0.636. The summed E-state index contributed by atoms with van der Waals surface area (Å²) in [6, 6.07) is 3.36. The number of hydrogen-bond donors (Lipinski definition) is 1. The van der Waals surface area contributed by atoms with E-state index in [1.54, 1.807) is 12.1 Å². The third-order valence-corrected chi connectivity index (χ3v) is 1.23. The molecule has 0 aliphatic carbocycles. The van der Waals surface area contributed by atoms with Gasteiger partial charge in [0.2, 0.25) is 0 Å². The number of pyridine rings is 1. The van der Waals surface area contributed by atoms with Crippen molar-refractivity contribution in [3.63, 3.8) is 0 Å². The Morgan fingerprint density at radius 1 is 1.60 bits per heavy atom. The Balaban J connectivity index is 3.21. The van der Waals surface area contributed by atoms with Gasteiger partial charge in [-0.05, 0) is 25.1 Å². The van der Waals surface area contributed by atoms with Crippen molar-refractivity contribution in [2.45, 2.75) is 6.92 Å². The molecule has 2 nitrogen and oxygen atoms in total. The van der Waals surface area contributed by atoms with Gasteiger partial charge in [0.1, 0.15) is 11.4 Å². The average molecular weight is 135 g/mol. The van der Waals surface area contributed by atoms with Gasteiger partial charge >= 0.3 is 0 Å². The first-order chi connectivity index (χ1) is 4.74. The fourth-order valence-corrected chi connectivity index (χ4v) is 0.720. The van der Waals surface area contributed by atoms with E-state index in [0.717, 1.165) is 5.69 Å². The highest BCUT2D eigenvalue weighted by Gasteiger charge is 1.95. The van der Waals surface area contributed by atoms with Gasteiger partial charge in [0, 0.05) is 5.69 Å². The molecule has 1 heterocycles. The smallest absolute Gasteiger partial charge is 0.141 e. The Bertz CT molecular complexity index is 255. The average Bonchev–Trinajstić information content (AvgIpc) is 1.94. The first kappa shape index (κ1) is 6.81. The second-order valence-corrected chi connectivity index (χ2v) is 2.06. The standard InChI is InChI=1S/C8H9NO/c1-3-7-8(10)5-4-6(2)9-7/h3-5,10H,1H2,2H3. The van der Waals surface area contributed by atoms with Crippen molar-refractivity contribution in [2.75, 3.05) is 0 Å². The van der Waals surface area contributed by atoms with Gasteiger partial charge in [0.05, 0.1) is 0 Å². The van der Waals surface area contributed by atoms with E-state index in [0.29, 0.717) is 5.69 Å². The largest absolute Gasteiger partial charge is 0.506 e. The van der Waals surface area contributed by atoms with Gasteiger partial charge in [-0.1, -0.05) is 6.58 Å². The normalized spacial score (nSPS) is 9.30. The lowest BCUT2D eigenvalue weighted by molar-refractivity contribution is 0.471. The number of aromatic hydroxyl groups is 1. The van der Waals surface area contributed by atoms with Crippen LogP contribution in [-0.2, 0) is 0 Å². The van der Waals surface area contributed by atoms with E-state index in [4.69, 9.17) is 5.11 Å². The van der Waals surface area contributed by atoms with E-state index in [1.165, 1.54) is 6.08 Å². The summed E-state index contributed by atoms with van der Waals surface area (Å²) in [5.41, 5.74) is 1.42. The molecule has 0 bridgehead atoms. The molecule has 0 amide bonds. The highest BCUT2D eigenvalue weighted by atomic mass is 16.3. The van der Waals surface area contributed by atoms with Crippen LogP contribution in [0.15, 0.2) is 18.7 Å². The van der Waals surface area contributed by atoms with Gasteiger partial charge in [0.15, 0.2) is 0 Å². The van der Waals surface area contributed by atoms with Crippen LogP contribution in [0.25, 0.3) is 6.08 Å². The van der Waals surface area contributed by atoms with Crippen molar-refractivity contribution < 1.29 is 5.11 Å². The lowest BCUT2D eigenvalue weighted by Gasteiger charge is -1.97. The van der Waals surface area contributed by atoms with Crippen LogP contribution in [0.5, 0.6) is 5.75 Å². The van der Waals surface area contributed by atoms with Crippen LogP contribution in [0.1, 0.15) is 11.4 Å². The molecule has 0 fully saturated rings. The minimum Gasteiger partial charge on any atom is -0.506 e. The second kappa shape index (κ2) is 2.52. The summed E-state index contributed by atoms with van der Waals surface area (Å²) in [5, 5.41) is 9.10. The minimum absolute atomic E-state index is 0.181. The molecule has 52 valence electrons. The molecular formula is C8H9NO. The van der Waals surface area contributed by atoms with Crippen LogP contribution in [0.3, 0.4) is 0 Å². The Morgan fingerprint density at radius 3 is 2.80 bits per heavy atom. The zero-order valence-electron chi connectivity index (χ0n) is 5.83. The molecule has 0 atom stereocenters. The lowest BCUT2D eigenvalue weighted by atomic mass is 10.3. The van der Waals surface area contributed by atoms with Crippen LogP contribution < -0.4 is 0 Å². The van der Waals surface area contributed by atoms with Gasteiger partial charge in [-0.2, -0.15) is 0 Å². The maximum Gasteiger partial charge on any atom is 0.141 e. The summed E-state index contributed by atoms with van der Waals surface area (Å²) in [7, 11) is 0. The predicted molar refractivity (Wildman–Crippen MR) is 40.7 cm³/mol. The summed E-state index contributed by atoms with van der Waals surface area (Å²) in [6.45, 7) is 5.38. The molecule has 1 N–H and O–H groups in total. The lowest BCUT2D eigenvalue weighted by Crippen LogP contribution is -1.84. The number of aryl methyl sites for hydroxylation is 1. The van der Waals surface area contributed by atoms with Crippen molar-refractivity contribution in [3.05, 3.63) is 30.1 Å². The Morgan fingerprint density at radius 2 is 2.30 bits per heavy atom. The van der Waals surface area contributed by atoms with E-state index >= 15 is 0 Å². The fraction of sp³-hybridized carbons (Fsp3) is 0.125. The summed E-state index contributed by atoms with van der Waals surface area (Å²) < 4.78 is 0. The molecule has 2 heteroatoms. The van der Waals surface area contributed by atoms with Crippen molar-refractivity contribution in [2.24, 2.45) is 0 Å². The van der Waals surface area contributed by atoms with Crippen molar-refractivity contribution in [3.8, 4) is 5.75 Å². The zero-order chi connectivity index (χ0) is 7.56. The van der Waals surface area contributed by atoms with Crippen molar-refractivity contribution in [1.29, 1.82) is 0 Å². The maximum atomic E-state index is 9.10. The highest BCUT2D eigenvalue weighted by molar-refractivity contribution is 5.50. The third kappa shape index (κ3) is 1.16. The first-order valence-corrected chi connectivity index (χ1v) is 3.03. The molecule has 0 saturated carbocycles. The molecular weight excluding hydrogens is 126 g/mol. The molecule has 0 unspecified atom stereocenters. The summed E-state index contributed by atoms with van der Waals surface area (Å²) in [4.78, 5) is 4.02. The molecule has 1 aromatic heterocycles. The van der Waals surface area contributed by atoms with Crippen LogP contribution in [0.2, 0.25) is 0 Å². The molecule has 0 aromatic carbocycles. The Hall–Kier alpha value is -1.31. The van der Waals surface area contributed by atoms with E-state index in [9.17, 15) is 0 Å². The third-order valence-electron chi connectivity index (χ3n) is 1.23. The van der Waals surface area contributed by atoms with Crippen molar-refractivity contribution >= 4 is 6.08 Å². The predicted octanol–water partition coefficient (Wildman–Crippen LogP) is 1.74. The number of nitrogens with zero attached hydrogens (tertiary/aromatic N) is 1. The topological polar surface area (TPSA) is 33.1 Å². The Labute approximate surface area is 59.9 Å². The second-order valence-electron chi connectivity index (χ2n) is 2.06. The SMILES string of the molecule is C=Cc1nc(C)ccc1O. The van der Waals surface area contributed by atoms with E-state index in [-0.39, 0.29) is 5.75 Å². The first-order valence-electron chi connectivity index (χ1n) is 3.03. The molecule has 1 aromatic rings. The van der Waals surface area contributed by atoms with Gasteiger partial charge in [0.25, 0.3) is 0 Å². The van der Waals surface area contributed by atoms with E-state index in [1.807, 2.05) is 6.92 Å². The highest BCUT2D eigenvalue weighted by Crippen LogP contribution is 2.14. The van der Waals surface area contributed by atoms with Crippen LogP contribution >= 0.6 is 0 Å². The fourth-order valence-electron chi connectivity index (χ4n) is 0.720. The number of hydrogen-bond acceptors (Lipinski definition) is 2. The van der Waals surface area contributed by atoms with Gasteiger partial charge in [-0.15, -0.1) is 0 Å². The monoisotopic (exact) mass is 135 g/mol. The molecule has 10 heavy (non-hydrogen) atoms. The molecule has 0 saturated heterocycles.